The predicted molar refractivity (Wildman–Crippen MR) is 109 cm³/mol. The number of pyridine rings is 2. The van der Waals surface area contributed by atoms with Gasteiger partial charge in [-0.1, -0.05) is 19.1 Å². The molecule has 0 unspecified atom stereocenters. The van der Waals surface area contributed by atoms with Crippen LogP contribution in [0.3, 0.4) is 0 Å². The second-order valence-electron chi connectivity index (χ2n) is 7.18. The van der Waals surface area contributed by atoms with E-state index in [9.17, 15) is 5.11 Å². The largest absolute Gasteiger partial charge is 0.386 e. The fraction of sp³-hybridized carbons (Fsp3) is 0.450. The van der Waals surface area contributed by atoms with Gasteiger partial charge in [0.05, 0.1) is 18.8 Å². The van der Waals surface area contributed by atoms with Crippen molar-refractivity contribution in [1.82, 2.24) is 9.97 Å². The summed E-state index contributed by atoms with van der Waals surface area (Å²) in [5.41, 5.74) is 2.66. The summed E-state index contributed by atoms with van der Waals surface area (Å²) in [4.78, 5) is 11.6. The van der Waals surface area contributed by atoms with Gasteiger partial charge in [-0.25, -0.2) is 4.98 Å². The van der Waals surface area contributed by atoms with E-state index in [0.717, 1.165) is 36.6 Å². The molecule has 1 radical (unpaired) electrons. The number of hydrogen-bond donors (Lipinski definition) is 2. The molecule has 2 N–H and O–H groups in total. The van der Waals surface area contributed by atoms with E-state index in [2.05, 4.69) is 16.8 Å². The van der Waals surface area contributed by atoms with Crippen LogP contribution in [-0.4, -0.2) is 54.9 Å². The molecular formula is C20H26BN4O2. The van der Waals surface area contributed by atoms with Crippen molar-refractivity contribution < 1.29 is 9.84 Å². The van der Waals surface area contributed by atoms with E-state index in [-0.39, 0.29) is 0 Å². The molecule has 27 heavy (non-hydrogen) atoms. The van der Waals surface area contributed by atoms with Crippen LogP contribution >= 0.6 is 0 Å². The minimum atomic E-state index is -1.09. The fourth-order valence-corrected chi connectivity index (χ4v) is 3.20. The molecule has 0 aromatic carbocycles. The second kappa shape index (κ2) is 8.19. The van der Waals surface area contributed by atoms with E-state index in [0.29, 0.717) is 29.9 Å². The molecule has 141 valence electrons. The monoisotopic (exact) mass is 365 g/mol. The lowest BCUT2D eigenvalue weighted by atomic mass is 9.67. The van der Waals surface area contributed by atoms with Crippen LogP contribution in [-0.2, 0) is 16.8 Å². The Balaban J connectivity index is 2.07. The molecule has 0 spiro atoms. The van der Waals surface area contributed by atoms with Gasteiger partial charge in [0.25, 0.3) is 0 Å². The number of nitrogens with zero attached hydrogens (tertiary/aromatic N) is 3. The Kier molecular flexibility index (Phi) is 5.92. The molecule has 2 aromatic heterocycles. The summed E-state index contributed by atoms with van der Waals surface area (Å²) >= 11 is 0. The number of anilines is 1. The number of ether oxygens (including phenoxy) is 1. The maximum Gasteiger partial charge on any atom is 0.243 e. The van der Waals surface area contributed by atoms with Crippen molar-refractivity contribution in [3.05, 3.63) is 41.1 Å². The van der Waals surface area contributed by atoms with Crippen LogP contribution in [0.5, 0.6) is 0 Å². The Morgan fingerprint density at radius 3 is 2.67 bits per heavy atom. The minimum absolute atomic E-state index is 0.614. The highest BCUT2D eigenvalue weighted by Crippen LogP contribution is 2.25. The normalized spacial score (nSPS) is 14.9. The molecule has 6 nitrogen and oxygen atoms in total. The molecule has 1 aliphatic rings. The zero-order chi connectivity index (χ0) is 19.4. The first-order chi connectivity index (χ1) is 12.9. The van der Waals surface area contributed by atoms with Crippen molar-refractivity contribution in [2.45, 2.75) is 32.8 Å². The second-order valence-corrected chi connectivity index (χ2v) is 7.18. The van der Waals surface area contributed by atoms with Gasteiger partial charge in [0.15, 0.2) is 0 Å². The van der Waals surface area contributed by atoms with Gasteiger partial charge in [-0.05, 0) is 38.0 Å². The minimum Gasteiger partial charge on any atom is -0.386 e. The molecule has 1 fully saturated rings. The van der Waals surface area contributed by atoms with Crippen molar-refractivity contribution in [3.63, 3.8) is 0 Å². The average Bonchev–Trinajstić information content (AvgIpc) is 2.67. The molecule has 3 rings (SSSR count). The van der Waals surface area contributed by atoms with Crippen LogP contribution < -0.4 is 16.1 Å². The number of aryl methyl sites for hydroxylation is 1. The number of hydrogen-bond acceptors (Lipinski definition) is 6. The summed E-state index contributed by atoms with van der Waals surface area (Å²) in [6.07, 6.45) is 2.12. The van der Waals surface area contributed by atoms with Crippen LogP contribution in [0, 0.1) is 5.41 Å². The van der Waals surface area contributed by atoms with Gasteiger partial charge in [-0.3, -0.25) is 4.98 Å². The molecule has 1 saturated heterocycles. The van der Waals surface area contributed by atoms with Crippen molar-refractivity contribution in [3.8, 4) is 0 Å². The van der Waals surface area contributed by atoms with E-state index < -0.39 is 5.60 Å². The van der Waals surface area contributed by atoms with Crippen LogP contribution in [0.4, 0.5) is 5.82 Å². The maximum atomic E-state index is 10.7. The zero-order valence-electron chi connectivity index (χ0n) is 16.2. The van der Waals surface area contributed by atoms with Gasteiger partial charge in [-0.15, -0.1) is 0 Å². The van der Waals surface area contributed by atoms with Crippen LogP contribution in [0.1, 0.15) is 37.6 Å². The van der Waals surface area contributed by atoms with Crippen LogP contribution in [0.15, 0.2) is 24.3 Å². The smallest absolute Gasteiger partial charge is 0.243 e. The summed E-state index contributed by atoms with van der Waals surface area (Å²) in [5.74, 6) is 0.791. The van der Waals surface area contributed by atoms with Crippen molar-refractivity contribution in [2.24, 2.45) is 0 Å². The highest BCUT2D eigenvalue weighted by molar-refractivity contribution is 6.66. The summed E-state index contributed by atoms with van der Waals surface area (Å²) in [5, 5.41) is 18.6. The highest BCUT2D eigenvalue weighted by atomic mass is 16.5. The lowest BCUT2D eigenvalue weighted by Crippen LogP contribution is -2.41. The quantitative estimate of drug-likeness (QED) is 0.583. The van der Waals surface area contributed by atoms with Crippen molar-refractivity contribution in [1.29, 1.82) is 5.41 Å². The molecule has 0 amide bonds. The number of aromatic nitrogens is 2. The van der Waals surface area contributed by atoms with Gasteiger partial charge in [0.1, 0.15) is 5.82 Å². The Morgan fingerprint density at radius 2 is 2.04 bits per heavy atom. The van der Waals surface area contributed by atoms with Crippen LogP contribution in [0.2, 0.25) is 0 Å². The molecule has 0 aliphatic carbocycles. The summed E-state index contributed by atoms with van der Waals surface area (Å²) in [6, 6.07) is 7.79. The van der Waals surface area contributed by atoms with Crippen molar-refractivity contribution >= 4 is 30.5 Å². The first kappa shape index (κ1) is 19.5. The number of aliphatic hydroxyl groups is 1. The van der Waals surface area contributed by atoms with E-state index in [1.54, 1.807) is 13.8 Å². The zero-order valence-corrected chi connectivity index (χ0v) is 16.2. The third-order valence-corrected chi connectivity index (χ3v) is 4.69. The summed E-state index contributed by atoms with van der Waals surface area (Å²) in [7, 11) is 1.89. The summed E-state index contributed by atoms with van der Waals surface area (Å²) in [6.45, 7) is 8.36. The maximum absolute atomic E-state index is 10.7. The number of rotatable bonds is 6. The first-order valence-corrected chi connectivity index (χ1v) is 9.34. The molecular weight excluding hydrogens is 339 g/mol. The van der Waals surface area contributed by atoms with Gasteiger partial charge < -0.3 is 20.2 Å². The third kappa shape index (κ3) is 4.54. The van der Waals surface area contributed by atoms with E-state index in [1.165, 1.54) is 6.21 Å². The van der Waals surface area contributed by atoms with Crippen molar-refractivity contribution in [2.75, 3.05) is 31.2 Å². The Bertz CT molecular complexity index is 814. The Hall–Kier alpha value is -2.25. The van der Waals surface area contributed by atoms with Gasteiger partial charge >= 0.3 is 0 Å². The van der Waals surface area contributed by atoms with Gasteiger partial charge in [-0.2, -0.15) is 0 Å². The topological polar surface area (TPSA) is 82.3 Å². The SMILES string of the molecule is CCc1cccc([B]c2nc(N3CCOCC3)cc(C(C)(C)O)c2C=N)n1. The molecule has 7 heteroatoms. The van der Waals surface area contributed by atoms with E-state index in [4.69, 9.17) is 15.1 Å². The number of morpholine rings is 1. The average molecular weight is 365 g/mol. The molecule has 2 aromatic rings. The number of nitrogens with one attached hydrogen (secondary N) is 1. The molecule has 1 aliphatic heterocycles. The fourth-order valence-electron chi connectivity index (χ4n) is 3.20. The lowest BCUT2D eigenvalue weighted by Gasteiger charge is -2.30. The predicted octanol–water partition coefficient (Wildman–Crippen LogP) is 0.756. The standard InChI is InChI=1S/C20H26BN4O2/c1-4-14-6-5-7-17(23-14)21-19-15(13-22)16(20(2,3)26)12-18(24-19)25-8-10-27-11-9-25/h5-7,12-13,22,26H,4,8-11H2,1-3H3. The van der Waals surface area contributed by atoms with Gasteiger partial charge in [0, 0.05) is 41.7 Å². The molecule has 0 atom stereocenters. The van der Waals surface area contributed by atoms with Crippen LogP contribution in [0.25, 0.3) is 0 Å². The molecule has 3 heterocycles. The first-order valence-electron chi connectivity index (χ1n) is 9.34. The van der Waals surface area contributed by atoms with Gasteiger partial charge in [0.2, 0.25) is 7.28 Å². The Labute approximate surface area is 161 Å². The Morgan fingerprint density at radius 1 is 1.30 bits per heavy atom. The van der Waals surface area contributed by atoms with E-state index >= 15 is 0 Å². The van der Waals surface area contributed by atoms with E-state index in [1.807, 2.05) is 31.5 Å². The molecule has 0 bridgehead atoms. The highest BCUT2D eigenvalue weighted by Gasteiger charge is 2.25. The lowest BCUT2D eigenvalue weighted by molar-refractivity contribution is 0.0784. The summed E-state index contributed by atoms with van der Waals surface area (Å²) < 4.78 is 5.44. The molecule has 0 saturated carbocycles. The third-order valence-electron chi connectivity index (χ3n) is 4.69.